The zero-order chi connectivity index (χ0) is 10.7. The average Bonchev–Trinajstić information content (AvgIpc) is 2.13. The van der Waals surface area contributed by atoms with Crippen molar-refractivity contribution in [2.45, 2.75) is 26.2 Å². The lowest BCUT2D eigenvalue weighted by Gasteiger charge is -2.10. The summed E-state index contributed by atoms with van der Waals surface area (Å²) in [5, 5.41) is 8.81. The highest BCUT2D eigenvalue weighted by Gasteiger charge is 2.23. The number of carboxylic acid groups (broad SMARTS) is 1. The van der Waals surface area contributed by atoms with Crippen LogP contribution in [-0.2, 0) is 4.79 Å². The number of carboxylic acids is 1. The Balaban J connectivity index is 3.16. The van der Waals surface area contributed by atoms with Crippen LogP contribution in [0.1, 0.15) is 30.7 Å². The second-order valence-electron chi connectivity index (χ2n) is 2.96. The van der Waals surface area contributed by atoms with Crippen molar-refractivity contribution in [2.24, 2.45) is 0 Å². The molecule has 5 heteroatoms. The largest absolute Gasteiger partial charge is 0.481 e. The quantitative estimate of drug-likeness (QED) is 0.799. The molecule has 0 aromatic carbocycles. The van der Waals surface area contributed by atoms with Gasteiger partial charge in [0, 0.05) is 0 Å². The SMILES string of the molecule is CCC(C(=O)O)c1ncnc(C)c1F. The topological polar surface area (TPSA) is 63.1 Å². The Morgan fingerprint density at radius 3 is 2.79 bits per heavy atom. The molecule has 0 fully saturated rings. The van der Waals surface area contributed by atoms with Crippen molar-refractivity contribution < 1.29 is 14.3 Å². The van der Waals surface area contributed by atoms with E-state index in [0.29, 0.717) is 6.42 Å². The van der Waals surface area contributed by atoms with E-state index in [1.165, 1.54) is 13.3 Å². The van der Waals surface area contributed by atoms with E-state index in [0.717, 1.165) is 0 Å². The Morgan fingerprint density at radius 2 is 2.29 bits per heavy atom. The Hall–Kier alpha value is -1.52. The van der Waals surface area contributed by atoms with E-state index in [1.807, 2.05) is 0 Å². The number of rotatable bonds is 3. The number of aryl methyl sites for hydroxylation is 1. The van der Waals surface area contributed by atoms with Gasteiger partial charge in [0.2, 0.25) is 0 Å². The van der Waals surface area contributed by atoms with Crippen LogP contribution in [0.25, 0.3) is 0 Å². The maximum absolute atomic E-state index is 13.4. The van der Waals surface area contributed by atoms with Crippen LogP contribution in [0, 0.1) is 12.7 Å². The van der Waals surface area contributed by atoms with E-state index in [9.17, 15) is 9.18 Å². The molecular formula is C9H11FN2O2. The minimum Gasteiger partial charge on any atom is -0.481 e. The first-order chi connectivity index (χ1) is 6.57. The fourth-order valence-corrected chi connectivity index (χ4v) is 1.20. The van der Waals surface area contributed by atoms with Crippen molar-refractivity contribution in [1.82, 2.24) is 9.97 Å². The molecule has 0 bridgehead atoms. The zero-order valence-electron chi connectivity index (χ0n) is 7.99. The van der Waals surface area contributed by atoms with Crippen LogP contribution < -0.4 is 0 Å². The third-order valence-corrected chi connectivity index (χ3v) is 2.03. The second kappa shape index (κ2) is 4.13. The first-order valence-corrected chi connectivity index (χ1v) is 4.27. The molecule has 0 saturated heterocycles. The highest BCUT2D eigenvalue weighted by Crippen LogP contribution is 2.21. The lowest BCUT2D eigenvalue weighted by Crippen LogP contribution is -2.15. The highest BCUT2D eigenvalue weighted by molar-refractivity contribution is 5.75. The van der Waals surface area contributed by atoms with E-state index < -0.39 is 17.7 Å². The standard InChI is InChI=1S/C9H11FN2O2/c1-3-6(9(13)14)8-7(10)5(2)11-4-12-8/h4,6H,3H2,1-2H3,(H,13,14). The predicted octanol–water partition coefficient (Wildman–Crippen LogP) is 1.50. The van der Waals surface area contributed by atoms with E-state index in [1.54, 1.807) is 6.92 Å². The summed E-state index contributed by atoms with van der Waals surface area (Å²) in [5.74, 6) is -2.58. The summed E-state index contributed by atoms with van der Waals surface area (Å²) in [4.78, 5) is 18.1. The Labute approximate surface area is 80.8 Å². The van der Waals surface area contributed by atoms with Crippen LogP contribution in [0.5, 0.6) is 0 Å². The molecule has 1 rings (SSSR count). The molecule has 1 aromatic heterocycles. The molecule has 4 nitrogen and oxygen atoms in total. The van der Waals surface area contributed by atoms with Crippen molar-refractivity contribution in [3.05, 3.63) is 23.5 Å². The van der Waals surface area contributed by atoms with Crippen LogP contribution in [0.3, 0.4) is 0 Å². The van der Waals surface area contributed by atoms with Crippen LogP contribution in [0.15, 0.2) is 6.33 Å². The fraction of sp³-hybridized carbons (Fsp3) is 0.444. The molecule has 0 aliphatic heterocycles. The predicted molar refractivity (Wildman–Crippen MR) is 47.4 cm³/mol. The second-order valence-corrected chi connectivity index (χ2v) is 2.96. The molecule has 0 spiro atoms. The number of hydrogen-bond acceptors (Lipinski definition) is 3. The molecule has 0 saturated carbocycles. The molecule has 0 radical (unpaired) electrons. The molecule has 76 valence electrons. The molecule has 0 amide bonds. The first-order valence-electron chi connectivity index (χ1n) is 4.27. The Kier molecular flexibility index (Phi) is 3.11. The van der Waals surface area contributed by atoms with E-state index >= 15 is 0 Å². The minimum absolute atomic E-state index is 0.0347. The molecule has 1 heterocycles. The van der Waals surface area contributed by atoms with E-state index in [2.05, 4.69) is 9.97 Å². The molecule has 1 N–H and O–H groups in total. The maximum Gasteiger partial charge on any atom is 0.312 e. The van der Waals surface area contributed by atoms with Crippen LogP contribution >= 0.6 is 0 Å². The van der Waals surface area contributed by atoms with Crippen LogP contribution in [0.4, 0.5) is 4.39 Å². The Morgan fingerprint density at radius 1 is 1.64 bits per heavy atom. The number of carbonyl (C=O) groups is 1. The first kappa shape index (κ1) is 10.6. The molecule has 1 unspecified atom stereocenters. The van der Waals surface area contributed by atoms with E-state index in [4.69, 9.17) is 5.11 Å². The summed E-state index contributed by atoms with van der Waals surface area (Å²) in [6, 6.07) is 0. The van der Waals surface area contributed by atoms with Gasteiger partial charge in [-0.3, -0.25) is 4.79 Å². The summed E-state index contributed by atoms with van der Waals surface area (Å²) < 4.78 is 13.4. The summed E-state index contributed by atoms with van der Waals surface area (Å²) in [5.41, 5.74) is 0.141. The van der Waals surface area contributed by atoms with Crippen LogP contribution in [-0.4, -0.2) is 21.0 Å². The maximum atomic E-state index is 13.4. The number of aliphatic carboxylic acids is 1. The van der Waals surface area contributed by atoms with Crippen molar-refractivity contribution in [1.29, 1.82) is 0 Å². The highest BCUT2D eigenvalue weighted by atomic mass is 19.1. The van der Waals surface area contributed by atoms with Gasteiger partial charge in [-0.25, -0.2) is 14.4 Å². The monoisotopic (exact) mass is 198 g/mol. The number of nitrogens with zero attached hydrogens (tertiary/aromatic N) is 2. The molecular weight excluding hydrogens is 187 g/mol. The van der Waals surface area contributed by atoms with Gasteiger partial charge < -0.3 is 5.11 Å². The average molecular weight is 198 g/mol. The van der Waals surface area contributed by atoms with Crippen molar-refractivity contribution in [2.75, 3.05) is 0 Å². The van der Waals surface area contributed by atoms with Crippen molar-refractivity contribution >= 4 is 5.97 Å². The smallest absolute Gasteiger partial charge is 0.312 e. The third kappa shape index (κ3) is 1.86. The summed E-state index contributed by atoms with van der Waals surface area (Å²) in [6.45, 7) is 3.16. The van der Waals surface area contributed by atoms with Crippen molar-refractivity contribution in [3.63, 3.8) is 0 Å². The fourth-order valence-electron chi connectivity index (χ4n) is 1.20. The number of aromatic nitrogens is 2. The third-order valence-electron chi connectivity index (χ3n) is 2.03. The Bertz CT molecular complexity index is 355. The van der Waals surface area contributed by atoms with Gasteiger partial charge in [0.25, 0.3) is 0 Å². The van der Waals surface area contributed by atoms with Gasteiger partial charge in [0.15, 0.2) is 5.82 Å². The summed E-state index contributed by atoms with van der Waals surface area (Å²) >= 11 is 0. The van der Waals surface area contributed by atoms with Crippen molar-refractivity contribution in [3.8, 4) is 0 Å². The molecule has 0 aliphatic rings. The van der Waals surface area contributed by atoms with E-state index in [-0.39, 0.29) is 11.4 Å². The van der Waals surface area contributed by atoms with Crippen LogP contribution in [0.2, 0.25) is 0 Å². The van der Waals surface area contributed by atoms with Gasteiger partial charge >= 0.3 is 5.97 Å². The van der Waals surface area contributed by atoms with Gasteiger partial charge in [0.05, 0.1) is 11.4 Å². The summed E-state index contributed by atoms with van der Waals surface area (Å²) in [6.07, 6.45) is 1.49. The normalized spacial score (nSPS) is 12.5. The van der Waals surface area contributed by atoms with Gasteiger partial charge in [-0.1, -0.05) is 6.92 Å². The van der Waals surface area contributed by atoms with Gasteiger partial charge in [-0.15, -0.1) is 0 Å². The molecule has 1 aromatic rings. The lowest BCUT2D eigenvalue weighted by atomic mass is 10.0. The molecule has 1 atom stereocenters. The summed E-state index contributed by atoms with van der Waals surface area (Å²) in [7, 11) is 0. The van der Waals surface area contributed by atoms with Gasteiger partial charge in [0.1, 0.15) is 12.2 Å². The lowest BCUT2D eigenvalue weighted by molar-refractivity contribution is -0.139. The minimum atomic E-state index is -1.07. The van der Waals surface area contributed by atoms with Gasteiger partial charge in [-0.2, -0.15) is 0 Å². The number of halogens is 1. The molecule has 0 aliphatic carbocycles. The van der Waals surface area contributed by atoms with Gasteiger partial charge in [-0.05, 0) is 13.3 Å². The zero-order valence-corrected chi connectivity index (χ0v) is 7.99. The number of hydrogen-bond donors (Lipinski definition) is 1. The molecule has 14 heavy (non-hydrogen) atoms.